The minimum absolute atomic E-state index is 0.236. The summed E-state index contributed by atoms with van der Waals surface area (Å²) in [4.78, 5) is 0. The van der Waals surface area contributed by atoms with Crippen molar-refractivity contribution in [2.24, 2.45) is 0 Å². The maximum Gasteiger partial charge on any atom is 0.0590 e. The van der Waals surface area contributed by atoms with Crippen LogP contribution in [0.4, 0.5) is 0 Å². The van der Waals surface area contributed by atoms with E-state index in [0.29, 0.717) is 5.92 Å². The Balaban J connectivity index is 0.000000531. The molecular weight excluding hydrogens is 186 g/mol. The van der Waals surface area contributed by atoms with Crippen LogP contribution in [0.1, 0.15) is 31.7 Å². The van der Waals surface area contributed by atoms with Gasteiger partial charge in [0.2, 0.25) is 0 Å². The Morgan fingerprint density at radius 1 is 1.27 bits per heavy atom. The van der Waals surface area contributed by atoms with Gasteiger partial charge in [-0.2, -0.15) is 0 Å². The van der Waals surface area contributed by atoms with Gasteiger partial charge >= 0.3 is 0 Å². The molecule has 15 heavy (non-hydrogen) atoms. The second-order valence-corrected chi connectivity index (χ2v) is 3.55. The van der Waals surface area contributed by atoms with Crippen molar-refractivity contribution >= 4 is 0 Å². The third-order valence-corrected chi connectivity index (χ3v) is 2.77. The molecule has 1 aromatic carbocycles. The van der Waals surface area contributed by atoms with Crippen molar-refractivity contribution in [2.75, 3.05) is 13.2 Å². The van der Waals surface area contributed by atoms with Crippen LogP contribution in [0.15, 0.2) is 30.3 Å². The highest BCUT2D eigenvalue weighted by Crippen LogP contribution is 2.26. The number of hydrogen-bond donors (Lipinski definition) is 2. The van der Waals surface area contributed by atoms with Gasteiger partial charge in [0.1, 0.15) is 0 Å². The zero-order chi connectivity index (χ0) is 11.1. The van der Waals surface area contributed by atoms with E-state index in [1.165, 1.54) is 5.56 Å². The molecule has 0 radical (unpaired) electrons. The summed E-state index contributed by atoms with van der Waals surface area (Å²) in [6.07, 6.45) is 1.13. The van der Waals surface area contributed by atoms with E-state index >= 15 is 0 Å². The van der Waals surface area contributed by atoms with E-state index in [2.05, 4.69) is 29.6 Å². The molecule has 0 spiro atoms. The minimum Gasteiger partial charge on any atom is -0.395 e. The molecule has 1 saturated heterocycles. The van der Waals surface area contributed by atoms with Crippen molar-refractivity contribution in [3.63, 3.8) is 0 Å². The number of hydrogen-bond acceptors (Lipinski definition) is 2. The van der Waals surface area contributed by atoms with Crippen LogP contribution < -0.4 is 5.32 Å². The molecule has 2 N–H and O–H groups in total. The maximum absolute atomic E-state index is 9.14. The molecule has 1 heterocycles. The smallest absolute Gasteiger partial charge is 0.0590 e. The van der Waals surface area contributed by atoms with Crippen molar-refractivity contribution in [3.8, 4) is 0 Å². The van der Waals surface area contributed by atoms with Gasteiger partial charge in [-0.3, -0.25) is 0 Å². The molecule has 2 atom stereocenters. The molecule has 0 saturated carbocycles. The van der Waals surface area contributed by atoms with Crippen LogP contribution in [0.3, 0.4) is 0 Å². The van der Waals surface area contributed by atoms with Gasteiger partial charge in [-0.15, -0.1) is 0 Å². The largest absolute Gasteiger partial charge is 0.395 e. The SMILES string of the molecule is CC.OCC1NCCC1c1ccccc1. The molecule has 1 aliphatic heterocycles. The first-order valence-electron chi connectivity index (χ1n) is 5.81. The standard InChI is InChI=1S/C11H15NO.C2H6/c13-8-11-10(6-7-12-11)9-4-2-1-3-5-9;1-2/h1-5,10-13H,6-8H2;1-2H3. The van der Waals surface area contributed by atoms with E-state index in [1.807, 2.05) is 19.9 Å². The number of aliphatic hydroxyl groups excluding tert-OH is 1. The van der Waals surface area contributed by atoms with E-state index in [9.17, 15) is 0 Å². The number of nitrogens with one attached hydrogen (secondary N) is 1. The van der Waals surface area contributed by atoms with Crippen LogP contribution in [-0.4, -0.2) is 24.3 Å². The molecule has 0 bridgehead atoms. The Morgan fingerprint density at radius 3 is 2.53 bits per heavy atom. The average molecular weight is 207 g/mol. The van der Waals surface area contributed by atoms with Gasteiger partial charge in [0, 0.05) is 12.0 Å². The van der Waals surface area contributed by atoms with Crippen molar-refractivity contribution in [3.05, 3.63) is 35.9 Å². The van der Waals surface area contributed by atoms with Gasteiger partial charge < -0.3 is 10.4 Å². The molecule has 2 nitrogen and oxygen atoms in total. The molecule has 0 amide bonds. The Hall–Kier alpha value is -0.860. The Morgan fingerprint density at radius 2 is 1.93 bits per heavy atom. The lowest BCUT2D eigenvalue weighted by Gasteiger charge is -2.17. The molecule has 0 aliphatic carbocycles. The monoisotopic (exact) mass is 207 g/mol. The van der Waals surface area contributed by atoms with Gasteiger partial charge in [-0.1, -0.05) is 44.2 Å². The van der Waals surface area contributed by atoms with Gasteiger partial charge in [-0.05, 0) is 18.5 Å². The summed E-state index contributed by atoms with van der Waals surface area (Å²) in [5.41, 5.74) is 1.34. The second kappa shape index (κ2) is 6.59. The Bertz CT molecular complexity index is 260. The fourth-order valence-corrected chi connectivity index (χ4v) is 2.06. The van der Waals surface area contributed by atoms with Crippen LogP contribution in [0.2, 0.25) is 0 Å². The summed E-state index contributed by atoms with van der Waals surface area (Å²) in [6.45, 7) is 5.25. The lowest BCUT2D eigenvalue weighted by atomic mass is 9.92. The predicted octanol–water partition coefficient (Wildman–Crippen LogP) is 2.15. The van der Waals surface area contributed by atoms with Crippen molar-refractivity contribution in [1.82, 2.24) is 5.32 Å². The maximum atomic E-state index is 9.14. The Labute approximate surface area is 92.3 Å². The molecule has 1 aromatic rings. The van der Waals surface area contributed by atoms with E-state index in [-0.39, 0.29) is 12.6 Å². The summed E-state index contributed by atoms with van der Waals surface area (Å²) in [6, 6.07) is 10.7. The van der Waals surface area contributed by atoms with E-state index < -0.39 is 0 Å². The van der Waals surface area contributed by atoms with Crippen molar-refractivity contribution in [1.29, 1.82) is 0 Å². The molecule has 2 rings (SSSR count). The third-order valence-electron chi connectivity index (χ3n) is 2.77. The molecule has 0 aromatic heterocycles. The first kappa shape index (κ1) is 12.2. The number of benzene rings is 1. The second-order valence-electron chi connectivity index (χ2n) is 3.55. The lowest BCUT2D eigenvalue weighted by molar-refractivity contribution is 0.245. The number of aliphatic hydroxyl groups is 1. The lowest BCUT2D eigenvalue weighted by Crippen LogP contribution is -2.29. The van der Waals surface area contributed by atoms with Gasteiger partial charge in [-0.25, -0.2) is 0 Å². The molecule has 2 unspecified atom stereocenters. The van der Waals surface area contributed by atoms with Crippen molar-refractivity contribution in [2.45, 2.75) is 32.2 Å². The first-order valence-corrected chi connectivity index (χ1v) is 5.81. The first-order chi connectivity index (χ1) is 7.42. The van der Waals surface area contributed by atoms with Crippen LogP contribution in [0.5, 0.6) is 0 Å². The topological polar surface area (TPSA) is 32.3 Å². The normalized spacial score (nSPS) is 24.5. The quantitative estimate of drug-likeness (QED) is 0.779. The van der Waals surface area contributed by atoms with Crippen LogP contribution in [-0.2, 0) is 0 Å². The van der Waals surface area contributed by atoms with E-state index in [0.717, 1.165) is 13.0 Å². The van der Waals surface area contributed by atoms with Gasteiger partial charge in [0.15, 0.2) is 0 Å². The molecule has 84 valence electrons. The summed E-state index contributed by atoms with van der Waals surface area (Å²) in [5, 5.41) is 12.4. The number of rotatable bonds is 2. The zero-order valence-electron chi connectivity index (χ0n) is 9.61. The predicted molar refractivity (Wildman–Crippen MR) is 64.0 cm³/mol. The van der Waals surface area contributed by atoms with Crippen molar-refractivity contribution < 1.29 is 5.11 Å². The zero-order valence-corrected chi connectivity index (χ0v) is 9.61. The van der Waals surface area contributed by atoms with E-state index in [4.69, 9.17) is 5.11 Å². The summed E-state index contributed by atoms with van der Waals surface area (Å²) >= 11 is 0. The minimum atomic E-state index is 0.236. The molecule has 1 fully saturated rings. The Kier molecular flexibility index (Phi) is 5.37. The average Bonchev–Trinajstić information content (AvgIpc) is 2.81. The van der Waals surface area contributed by atoms with E-state index in [1.54, 1.807) is 0 Å². The fraction of sp³-hybridized carbons (Fsp3) is 0.538. The highest BCUT2D eigenvalue weighted by molar-refractivity contribution is 5.22. The van der Waals surface area contributed by atoms with Gasteiger partial charge in [0.25, 0.3) is 0 Å². The summed E-state index contributed by atoms with van der Waals surface area (Å²) < 4.78 is 0. The van der Waals surface area contributed by atoms with Gasteiger partial charge in [0.05, 0.1) is 6.61 Å². The fourth-order valence-electron chi connectivity index (χ4n) is 2.06. The molecular formula is C13H21NO. The highest BCUT2D eigenvalue weighted by Gasteiger charge is 2.26. The third kappa shape index (κ3) is 3.05. The van der Waals surface area contributed by atoms with Crippen LogP contribution >= 0.6 is 0 Å². The molecule has 2 heteroatoms. The van der Waals surface area contributed by atoms with Crippen LogP contribution in [0.25, 0.3) is 0 Å². The highest BCUT2D eigenvalue weighted by atomic mass is 16.3. The summed E-state index contributed by atoms with van der Waals surface area (Å²) in [5.74, 6) is 0.492. The summed E-state index contributed by atoms with van der Waals surface area (Å²) in [7, 11) is 0. The molecule has 1 aliphatic rings. The van der Waals surface area contributed by atoms with Crippen LogP contribution in [0, 0.1) is 0 Å².